The molecule has 21 heavy (non-hydrogen) atoms. The Kier molecular flexibility index (Phi) is 5.11. The molecule has 114 valence electrons. The Hall–Kier alpha value is -1.70. The second-order valence-corrected chi connectivity index (χ2v) is 6.33. The Balaban J connectivity index is 2.21. The molecule has 0 radical (unpaired) electrons. The van der Waals surface area contributed by atoms with Gasteiger partial charge < -0.3 is 15.5 Å². The largest absolute Gasteiger partial charge is 0.377 e. The average molecular weight is 307 g/mol. The molecule has 0 aliphatic heterocycles. The second kappa shape index (κ2) is 6.84. The van der Waals surface area contributed by atoms with Crippen LogP contribution in [0.4, 0.5) is 11.6 Å². The number of ether oxygens (including phenoxy) is 1. The van der Waals surface area contributed by atoms with E-state index in [1.165, 1.54) is 15.3 Å². The van der Waals surface area contributed by atoms with Crippen LogP contribution in [-0.2, 0) is 11.3 Å². The van der Waals surface area contributed by atoms with E-state index in [1.54, 1.807) is 24.5 Å². The fraction of sp³-hybridized carbons (Fsp3) is 0.429. The number of nitrogen functional groups attached to an aromatic ring is 1. The van der Waals surface area contributed by atoms with Crippen LogP contribution in [0.1, 0.15) is 34.1 Å². The predicted octanol–water partition coefficient (Wildman–Crippen LogP) is 2.76. The molecular weight excluding hydrogens is 286 g/mol. The Labute approximate surface area is 128 Å². The molecule has 0 aliphatic carbocycles. The molecule has 6 nitrogen and oxygen atoms in total. The second-order valence-electron chi connectivity index (χ2n) is 4.87. The number of nitrogens with two attached hydrogens (primary N) is 1. The maximum Gasteiger partial charge on any atom is 0.158 e. The lowest BCUT2D eigenvalue weighted by Crippen LogP contribution is -2.14. The monoisotopic (exact) mass is 307 g/mol. The fourth-order valence-corrected chi connectivity index (χ4v) is 3.24. The van der Waals surface area contributed by atoms with Crippen LogP contribution >= 0.6 is 11.3 Å². The number of thiophene rings is 1. The van der Waals surface area contributed by atoms with Gasteiger partial charge in [0.25, 0.3) is 0 Å². The van der Waals surface area contributed by atoms with Gasteiger partial charge in [-0.15, -0.1) is 11.3 Å². The summed E-state index contributed by atoms with van der Waals surface area (Å²) >= 11 is 1.80. The number of hydrogen-bond donors (Lipinski definition) is 3. The molecule has 2 heterocycles. The summed E-state index contributed by atoms with van der Waals surface area (Å²) in [5.41, 5.74) is 3.83. The summed E-state index contributed by atoms with van der Waals surface area (Å²) in [6.45, 7) is 6.71. The summed E-state index contributed by atoms with van der Waals surface area (Å²) in [6.07, 6.45) is 0. The van der Waals surface area contributed by atoms with E-state index >= 15 is 0 Å². The number of aromatic nitrogens is 2. The van der Waals surface area contributed by atoms with Crippen LogP contribution in [0.25, 0.3) is 0 Å². The SMILES string of the molecule is COCc1nc(NN)cc(NC(C)c2cc(C)sc2C)n1. The molecule has 0 fully saturated rings. The van der Waals surface area contributed by atoms with Gasteiger partial charge in [0.15, 0.2) is 5.82 Å². The topological polar surface area (TPSA) is 85.1 Å². The van der Waals surface area contributed by atoms with E-state index in [0.29, 0.717) is 18.2 Å². The van der Waals surface area contributed by atoms with Crippen LogP contribution in [-0.4, -0.2) is 17.1 Å². The van der Waals surface area contributed by atoms with Crippen LogP contribution in [0.2, 0.25) is 0 Å². The van der Waals surface area contributed by atoms with Gasteiger partial charge in [0.2, 0.25) is 0 Å². The van der Waals surface area contributed by atoms with Crippen LogP contribution in [0.5, 0.6) is 0 Å². The van der Waals surface area contributed by atoms with E-state index in [9.17, 15) is 0 Å². The highest BCUT2D eigenvalue weighted by Crippen LogP contribution is 2.28. The van der Waals surface area contributed by atoms with Crippen molar-refractivity contribution in [1.29, 1.82) is 0 Å². The van der Waals surface area contributed by atoms with Crippen molar-refractivity contribution >= 4 is 23.0 Å². The van der Waals surface area contributed by atoms with Crippen LogP contribution in [0.3, 0.4) is 0 Å². The molecule has 0 saturated carbocycles. The van der Waals surface area contributed by atoms with Gasteiger partial charge in [0, 0.05) is 22.9 Å². The maximum atomic E-state index is 5.45. The van der Waals surface area contributed by atoms with Crippen molar-refractivity contribution in [2.24, 2.45) is 5.84 Å². The molecule has 4 N–H and O–H groups in total. The summed E-state index contributed by atoms with van der Waals surface area (Å²) in [4.78, 5) is 11.3. The highest BCUT2D eigenvalue weighted by Gasteiger charge is 2.13. The lowest BCUT2D eigenvalue weighted by Gasteiger charge is -2.16. The first-order chi connectivity index (χ1) is 10.0. The van der Waals surface area contributed by atoms with Gasteiger partial charge in [0.05, 0.1) is 6.04 Å². The third kappa shape index (κ3) is 3.90. The number of nitrogens with one attached hydrogen (secondary N) is 2. The Morgan fingerprint density at radius 3 is 2.57 bits per heavy atom. The first-order valence-corrected chi connectivity index (χ1v) is 7.52. The van der Waals surface area contributed by atoms with Gasteiger partial charge in [-0.25, -0.2) is 15.8 Å². The summed E-state index contributed by atoms with van der Waals surface area (Å²) in [6, 6.07) is 4.15. The van der Waals surface area contributed by atoms with Gasteiger partial charge in [-0.2, -0.15) is 0 Å². The van der Waals surface area contributed by atoms with E-state index < -0.39 is 0 Å². The summed E-state index contributed by atoms with van der Waals surface area (Å²) in [5.74, 6) is 7.31. The number of methoxy groups -OCH3 is 1. The molecular formula is C14H21N5OS. The molecule has 1 atom stereocenters. The summed E-state index contributed by atoms with van der Waals surface area (Å²) in [5, 5.41) is 3.39. The van der Waals surface area contributed by atoms with Crippen LogP contribution < -0.4 is 16.6 Å². The average Bonchev–Trinajstić information content (AvgIpc) is 2.78. The minimum Gasteiger partial charge on any atom is -0.377 e. The lowest BCUT2D eigenvalue weighted by atomic mass is 10.1. The molecule has 0 bridgehead atoms. The number of anilines is 2. The molecule has 1 unspecified atom stereocenters. The first-order valence-electron chi connectivity index (χ1n) is 6.70. The molecule has 0 spiro atoms. The molecule has 7 heteroatoms. The van der Waals surface area contributed by atoms with E-state index in [0.717, 1.165) is 5.82 Å². The number of hydrogen-bond acceptors (Lipinski definition) is 7. The van der Waals surface area contributed by atoms with E-state index in [1.807, 2.05) is 0 Å². The van der Waals surface area contributed by atoms with Crippen molar-refractivity contribution < 1.29 is 4.74 Å². The number of nitrogens with zero attached hydrogens (tertiary/aromatic N) is 2. The molecule has 2 aromatic heterocycles. The van der Waals surface area contributed by atoms with Crippen molar-refractivity contribution in [2.45, 2.75) is 33.4 Å². The van der Waals surface area contributed by atoms with Gasteiger partial charge in [-0.05, 0) is 32.4 Å². The van der Waals surface area contributed by atoms with E-state index in [2.05, 4.69) is 47.5 Å². The zero-order valence-corrected chi connectivity index (χ0v) is 13.5. The van der Waals surface area contributed by atoms with Crippen molar-refractivity contribution in [2.75, 3.05) is 17.9 Å². The van der Waals surface area contributed by atoms with Crippen molar-refractivity contribution in [3.8, 4) is 0 Å². The van der Waals surface area contributed by atoms with Crippen molar-refractivity contribution in [3.63, 3.8) is 0 Å². The Morgan fingerprint density at radius 2 is 2.00 bits per heavy atom. The predicted molar refractivity (Wildman–Crippen MR) is 86.4 cm³/mol. The van der Waals surface area contributed by atoms with Crippen molar-refractivity contribution in [1.82, 2.24) is 9.97 Å². The first kappa shape index (κ1) is 15.7. The van der Waals surface area contributed by atoms with Crippen LogP contribution in [0, 0.1) is 13.8 Å². The zero-order valence-electron chi connectivity index (χ0n) is 12.7. The highest BCUT2D eigenvalue weighted by atomic mass is 32.1. The van der Waals surface area contributed by atoms with E-state index in [-0.39, 0.29) is 6.04 Å². The highest BCUT2D eigenvalue weighted by molar-refractivity contribution is 7.12. The number of hydrazine groups is 1. The quantitative estimate of drug-likeness (QED) is 0.562. The smallest absolute Gasteiger partial charge is 0.158 e. The number of rotatable bonds is 6. The molecule has 0 saturated heterocycles. The summed E-state index contributed by atoms with van der Waals surface area (Å²) < 4.78 is 5.07. The minimum absolute atomic E-state index is 0.158. The molecule has 2 aromatic rings. The van der Waals surface area contributed by atoms with E-state index in [4.69, 9.17) is 10.6 Å². The van der Waals surface area contributed by atoms with Crippen molar-refractivity contribution in [3.05, 3.63) is 33.3 Å². The van der Waals surface area contributed by atoms with Gasteiger partial charge in [-0.1, -0.05) is 0 Å². The van der Waals surface area contributed by atoms with Gasteiger partial charge in [0.1, 0.15) is 18.2 Å². The molecule has 0 aromatic carbocycles. The molecule has 2 rings (SSSR count). The lowest BCUT2D eigenvalue weighted by molar-refractivity contribution is 0.178. The maximum absolute atomic E-state index is 5.45. The van der Waals surface area contributed by atoms with Gasteiger partial charge >= 0.3 is 0 Å². The number of aryl methyl sites for hydroxylation is 2. The summed E-state index contributed by atoms with van der Waals surface area (Å²) in [7, 11) is 1.61. The fourth-order valence-electron chi connectivity index (χ4n) is 2.22. The molecule has 0 aliphatic rings. The third-order valence-corrected chi connectivity index (χ3v) is 4.09. The normalized spacial score (nSPS) is 12.2. The minimum atomic E-state index is 0.158. The molecule has 0 amide bonds. The Bertz CT molecular complexity index is 613. The third-order valence-electron chi connectivity index (χ3n) is 3.10. The Morgan fingerprint density at radius 1 is 1.29 bits per heavy atom. The van der Waals surface area contributed by atoms with Gasteiger partial charge in [-0.3, -0.25) is 0 Å². The standard InChI is InChI=1S/C14H21N5OS/c1-8-5-11(10(3)21-8)9(2)16-12-6-13(19-15)18-14(17-12)7-20-4/h5-6,9H,7,15H2,1-4H3,(H2,16,17,18,19). The van der Waals surface area contributed by atoms with Crippen LogP contribution in [0.15, 0.2) is 12.1 Å². The zero-order chi connectivity index (χ0) is 15.4.